The van der Waals surface area contributed by atoms with Gasteiger partial charge < -0.3 is 34.5 Å². The minimum absolute atomic E-state index is 0.0543. The highest BCUT2D eigenvalue weighted by molar-refractivity contribution is 5.79. The highest BCUT2D eigenvalue weighted by atomic mass is 16.7. The van der Waals surface area contributed by atoms with Crippen LogP contribution in [0.1, 0.15) is 67.4 Å². The molecule has 0 aliphatic rings. The van der Waals surface area contributed by atoms with E-state index in [9.17, 15) is 24.3 Å². The van der Waals surface area contributed by atoms with E-state index in [2.05, 4.69) is 0 Å². The molecule has 220 valence electrons. The number of ether oxygens (including phenoxy) is 5. The summed E-state index contributed by atoms with van der Waals surface area (Å²) in [5.74, 6) is -2.23. The van der Waals surface area contributed by atoms with Crippen LogP contribution in [0.5, 0.6) is 11.5 Å². The maximum atomic E-state index is 12.3. The van der Waals surface area contributed by atoms with Crippen LogP contribution in [0.25, 0.3) is 0 Å². The minimum Gasteiger partial charge on any atom is -0.480 e. The van der Waals surface area contributed by atoms with Gasteiger partial charge in [0.1, 0.15) is 11.6 Å². The lowest BCUT2D eigenvalue weighted by Crippen LogP contribution is -2.52. The van der Waals surface area contributed by atoms with Crippen molar-refractivity contribution in [2.75, 3.05) is 13.2 Å². The Kier molecular flexibility index (Phi) is 13.2. The third-order valence-corrected chi connectivity index (χ3v) is 5.75. The van der Waals surface area contributed by atoms with Crippen LogP contribution in [0.2, 0.25) is 0 Å². The fourth-order valence-corrected chi connectivity index (χ4v) is 3.27. The van der Waals surface area contributed by atoms with Crippen molar-refractivity contribution in [1.29, 1.82) is 0 Å². The molecule has 0 amide bonds. The maximum Gasteiger partial charge on any atom is 0.513 e. The van der Waals surface area contributed by atoms with Crippen LogP contribution in [0.4, 0.5) is 9.59 Å². The van der Waals surface area contributed by atoms with Crippen LogP contribution in [-0.2, 0) is 30.2 Å². The van der Waals surface area contributed by atoms with Crippen molar-refractivity contribution in [2.45, 2.75) is 79.9 Å². The second-order valence-corrected chi connectivity index (χ2v) is 11.0. The first kappa shape index (κ1) is 33.7. The highest BCUT2D eigenvalue weighted by Crippen LogP contribution is 2.31. The average Bonchev–Trinajstić information content (AvgIpc) is 2.82. The number of carboxylic acids is 1. The summed E-state index contributed by atoms with van der Waals surface area (Å²) in [7, 11) is 0. The summed E-state index contributed by atoms with van der Waals surface area (Å²) >= 11 is 0. The lowest BCUT2D eigenvalue weighted by molar-refractivity contribution is -0.157. The van der Waals surface area contributed by atoms with Gasteiger partial charge in [-0.1, -0.05) is 54.5 Å². The largest absolute Gasteiger partial charge is 0.513 e. The maximum absolute atomic E-state index is 12.3. The molecule has 0 spiro atoms. The zero-order valence-corrected chi connectivity index (χ0v) is 24.1. The van der Waals surface area contributed by atoms with E-state index in [0.717, 1.165) is 0 Å². The molecule has 0 saturated heterocycles. The normalized spacial score (nSPS) is 14.4. The fourth-order valence-electron chi connectivity index (χ4n) is 3.27. The van der Waals surface area contributed by atoms with Crippen molar-refractivity contribution in [2.24, 2.45) is 29.4 Å². The van der Waals surface area contributed by atoms with Crippen LogP contribution in [-0.4, -0.2) is 54.2 Å². The van der Waals surface area contributed by atoms with Crippen molar-refractivity contribution in [1.82, 2.24) is 0 Å². The molecule has 1 rings (SSSR count). The van der Waals surface area contributed by atoms with Crippen molar-refractivity contribution in [3.05, 3.63) is 23.8 Å². The Morgan fingerprint density at radius 2 is 1.36 bits per heavy atom. The van der Waals surface area contributed by atoms with E-state index >= 15 is 0 Å². The van der Waals surface area contributed by atoms with E-state index < -0.39 is 35.9 Å². The Hall–Kier alpha value is -3.34. The summed E-state index contributed by atoms with van der Waals surface area (Å²) in [4.78, 5) is 48.9. The Balaban J connectivity index is 3.18. The number of esters is 1. The van der Waals surface area contributed by atoms with Crippen molar-refractivity contribution in [3.63, 3.8) is 0 Å². The van der Waals surface area contributed by atoms with Gasteiger partial charge in [0.25, 0.3) is 0 Å². The molecule has 0 heterocycles. The van der Waals surface area contributed by atoms with E-state index in [1.165, 1.54) is 18.2 Å². The Morgan fingerprint density at radius 3 is 1.82 bits per heavy atom. The Morgan fingerprint density at radius 1 is 0.846 bits per heavy atom. The van der Waals surface area contributed by atoms with E-state index in [0.29, 0.717) is 5.56 Å². The molecular weight excluding hydrogens is 510 g/mol. The topological polar surface area (TPSA) is 161 Å². The summed E-state index contributed by atoms with van der Waals surface area (Å²) in [6, 6.07) is 4.16. The summed E-state index contributed by atoms with van der Waals surface area (Å²) in [6.45, 7) is 14.7. The van der Waals surface area contributed by atoms with Crippen LogP contribution in [0, 0.1) is 23.7 Å². The molecule has 39 heavy (non-hydrogen) atoms. The third kappa shape index (κ3) is 11.9. The molecule has 0 aromatic heterocycles. The van der Waals surface area contributed by atoms with Gasteiger partial charge in [-0.2, -0.15) is 0 Å². The molecule has 3 N–H and O–H groups in total. The summed E-state index contributed by atoms with van der Waals surface area (Å²) < 4.78 is 26.0. The van der Waals surface area contributed by atoms with Crippen LogP contribution in [0.15, 0.2) is 18.2 Å². The van der Waals surface area contributed by atoms with Gasteiger partial charge in [-0.25, -0.2) is 9.59 Å². The zero-order valence-electron chi connectivity index (χ0n) is 24.1. The van der Waals surface area contributed by atoms with Gasteiger partial charge in [0.2, 0.25) is 0 Å². The lowest BCUT2D eigenvalue weighted by Gasteiger charge is -2.29. The third-order valence-electron chi connectivity index (χ3n) is 5.75. The summed E-state index contributed by atoms with van der Waals surface area (Å²) in [5.41, 5.74) is 4.82. The summed E-state index contributed by atoms with van der Waals surface area (Å²) in [6.07, 6.45) is -3.19. The van der Waals surface area contributed by atoms with E-state index in [1.54, 1.807) is 13.8 Å². The number of hydrogen-bond acceptors (Lipinski definition) is 10. The van der Waals surface area contributed by atoms with Gasteiger partial charge in [0.15, 0.2) is 11.5 Å². The quantitative estimate of drug-likeness (QED) is 0.182. The smallest absolute Gasteiger partial charge is 0.480 e. The number of nitrogens with two attached hydrogens (primary N) is 1. The van der Waals surface area contributed by atoms with Gasteiger partial charge in [-0.15, -0.1) is 0 Å². The second-order valence-electron chi connectivity index (χ2n) is 11.0. The molecule has 0 bridgehead atoms. The number of hydrogen-bond donors (Lipinski definition) is 2. The first-order valence-corrected chi connectivity index (χ1v) is 13.1. The summed E-state index contributed by atoms with van der Waals surface area (Å²) in [5, 5.41) is 9.93. The van der Waals surface area contributed by atoms with Gasteiger partial charge in [0, 0.05) is 12.8 Å². The van der Waals surface area contributed by atoms with E-state index in [-0.39, 0.29) is 61.2 Å². The van der Waals surface area contributed by atoms with Gasteiger partial charge in [-0.05, 0) is 42.4 Å². The van der Waals surface area contributed by atoms with Crippen LogP contribution >= 0.6 is 0 Å². The molecule has 11 nitrogen and oxygen atoms in total. The second kappa shape index (κ2) is 15.3. The zero-order chi connectivity index (χ0) is 29.9. The number of carbonyl (C=O) groups is 4. The Bertz CT molecular complexity index is 991. The fraction of sp³-hybridized carbons (Fsp3) is 0.643. The lowest BCUT2D eigenvalue weighted by atomic mass is 9.86. The molecule has 0 aliphatic carbocycles. The average molecular weight is 554 g/mol. The predicted octanol–water partition coefficient (Wildman–Crippen LogP) is 4.97. The van der Waals surface area contributed by atoms with E-state index in [4.69, 9.17) is 29.4 Å². The number of aliphatic carboxylic acids is 1. The van der Waals surface area contributed by atoms with Gasteiger partial charge in [-0.3, -0.25) is 9.59 Å². The molecular formula is C28H43NO10. The number of carboxylic acid groups (broad SMARTS) is 1. The number of rotatable bonds is 14. The molecule has 0 fully saturated rings. The standard InChI is InChI=1S/C28H43NO10/c1-16(2)14-35-26(33)38-22-10-9-21(11-23(22)39-27(34)36-15-17(3)4)13-28(29,25(31)32)12-19(7)37-24(30)20(8)18(5)6/h9-11,16-20H,12-15,29H2,1-8H3,(H,31,32)/t19-,20?,28?/m0/s1. The molecule has 0 aliphatic heterocycles. The van der Waals surface area contributed by atoms with Crippen LogP contribution in [0.3, 0.4) is 0 Å². The van der Waals surface area contributed by atoms with E-state index in [1.807, 2.05) is 41.5 Å². The molecule has 11 heteroatoms. The van der Waals surface area contributed by atoms with Gasteiger partial charge >= 0.3 is 24.2 Å². The SMILES string of the molecule is CC(C)COC(=O)Oc1ccc(CC(N)(C[C@H](C)OC(=O)C(C)C(C)C)C(=O)O)cc1OC(=O)OCC(C)C. The molecule has 0 saturated carbocycles. The molecule has 3 atom stereocenters. The molecule has 0 radical (unpaired) electrons. The highest BCUT2D eigenvalue weighted by Gasteiger charge is 2.37. The van der Waals surface area contributed by atoms with Crippen molar-refractivity contribution in [3.8, 4) is 11.5 Å². The number of benzene rings is 1. The van der Waals surface area contributed by atoms with Crippen molar-refractivity contribution < 1.29 is 48.0 Å². The first-order valence-electron chi connectivity index (χ1n) is 13.1. The minimum atomic E-state index is -1.82. The molecule has 1 aromatic rings. The molecule has 1 aromatic carbocycles. The van der Waals surface area contributed by atoms with Gasteiger partial charge in [0.05, 0.1) is 19.1 Å². The Labute approximate surface area is 230 Å². The predicted molar refractivity (Wildman–Crippen MR) is 143 cm³/mol. The van der Waals surface area contributed by atoms with Crippen LogP contribution < -0.4 is 15.2 Å². The monoisotopic (exact) mass is 553 g/mol. The molecule has 2 unspecified atom stereocenters. The number of carbonyl (C=O) groups excluding carboxylic acids is 3. The van der Waals surface area contributed by atoms with Crippen molar-refractivity contribution >= 4 is 24.2 Å². The first-order chi connectivity index (χ1) is 18.0.